The second-order valence-electron chi connectivity index (χ2n) is 4.83. The summed E-state index contributed by atoms with van der Waals surface area (Å²) in [5, 5.41) is 8.71. The minimum absolute atomic E-state index is 0.00729. The summed E-state index contributed by atoms with van der Waals surface area (Å²) in [5.41, 5.74) is 3.09. The topological polar surface area (TPSA) is 57.9 Å². The van der Waals surface area contributed by atoms with Gasteiger partial charge in [-0.3, -0.25) is 0 Å². The van der Waals surface area contributed by atoms with E-state index in [9.17, 15) is 8.42 Å². The van der Waals surface area contributed by atoms with E-state index >= 15 is 0 Å². The van der Waals surface area contributed by atoms with Gasteiger partial charge in [0.25, 0.3) is 0 Å². The van der Waals surface area contributed by atoms with Gasteiger partial charge in [0.15, 0.2) is 9.84 Å². The van der Waals surface area contributed by atoms with Crippen molar-refractivity contribution in [3.63, 3.8) is 0 Å². The third-order valence-electron chi connectivity index (χ3n) is 2.94. The molecule has 0 unspecified atom stereocenters. The van der Waals surface area contributed by atoms with Gasteiger partial charge in [-0.2, -0.15) is 5.26 Å². The summed E-state index contributed by atoms with van der Waals surface area (Å²) in [5.74, 6) is 0.0291. The molecule has 0 radical (unpaired) electrons. The lowest BCUT2D eigenvalue weighted by Crippen LogP contribution is -2.07. The van der Waals surface area contributed by atoms with Crippen LogP contribution in [0.1, 0.15) is 22.3 Å². The molecule has 2 rings (SSSR count). The van der Waals surface area contributed by atoms with Crippen molar-refractivity contribution in [2.24, 2.45) is 0 Å². The molecule has 0 spiro atoms. The van der Waals surface area contributed by atoms with Crippen LogP contribution in [0.15, 0.2) is 48.5 Å². The molecule has 2 aromatic rings. The van der Waals surface area contributed by atoms with Crippen LogP contribution >= 0.6 is 0 Å². The van der Waals surface area contributed by atoms with Gasteiger partial charge in [-0.15, -0.1) is 0 Å². The molecular weight excluding hydrogens is 270 g/mol. The summed E-state index contributed by atoms with van der Waals surface area (Å²) in [6.45, 7) is 1.94. The van der Waals surface area contributed by atoms with Crippen LogP contribution in [0.4, 0.5) is 0 Å². The zero-order valence-electron chi connectivity index (χ0n) is 11.2. The molecule has 0 heterocycles. The van der Waals surface area contributed by atoms with E-state index in [2.05, 4.69) is 0 Å². The zero-order chi connectivity index (χ0) is 14.6. The standard InChI is InChI=1S/C16H15NO2S/c1-13-3-2-4-16(9-13)12-20(18,19)11-15-7-5-14(10-17)6-8-15/h2-9H,11-12H2,1H3. The number of nitriles is 1. The monoisotopic (exact) mass is 285 g/mol. The van der Waals surface area contributed by atoms with E-state index in [-0.39, 0.29) is 11.5 Å². The Hall–Kier alpha value is -2.12. The summed E-state index contributed by atoms with van der Waals surface area (Å²) in [6.07, 6.45) is 0. The number of hydrogen-bond acceptors (Lipinski definition) is 3. The minimum Gasteiger partial charge on any atom is -0.228 e. The lowest BCUT2D eigenvalue weighted by Gasteiger charge is -2.06. The van der Waals surface area contributed by atoms with E-state index < -0.39 is 9.84 Å². The third-order valence-corrected chi connectivity index (χ3v) is 4.48. The molecule has 0 atom stereocenters. The fraction of sp³-hybridized carbons (Fsp3) is 0.188. The maximum Gasteiger partial charge on any atom is 0.158 e. The molecule has 0 saturated carbocycles. The van der Waals surface area contributed by atoms with Crippen LogP contribution in [0.25, 0.3) is 0 Å². The first-order chi connectivity index (χ1) is 9.48. The minimum atomic E-state index is -3.21. The Morgan fingerprint density at radius 2 is 1.65 bits per heavy atom. The summed E-state index contributed by atoms with van der Waals surface area (Å²) in [4.78, 5) is 0. The van der Waals surface area contributed by atoms with E-state index in [1.807, 2.05) is 37.3 Å². The highest BCUT2D eigenvalue weighted by Gasteiger charge is 2.13. The lowest BCUT2D eigenvalue weighted by atomic mass is 10.2. The number of aryl methyl sites for hydroxylation is 1. The highest BCUT2D eigenvalue weighted by atomic mass is 32.2. The molecule has 0 aliphatic rings. The van der Waals surface area contributed by atoms with E-state index in [0.717, 1.165) is 11.1 Å². The van der Waals surface area contributed by atoms with Gasteiger partial charge in [0, 0.05) is 0 Å². The van der Waals surface area contributed by atoms with Crippen molar-refractivity contribution in [3.8, 4) is 6.07 Å². The maximum atomic E-state index is 12.2. The van der Waals surface area contributed by atoms with Crippen LogP contribution in [0.5, 0.6) is 0 Å². The molecular formula is C16H15NO2S. The largest absolute Gasteiger partial charge is 0.228 e. The van der Waals surface area contributed by atoms with Crippen molar-refractivity contribution >= 4 is 9.84 Å². The van der Waals surface area contributed by atoms with Crippen molar-refractivity contribution in [1.82, 2.24) is 0 Å². The molecule has 4 heteroatoms. The van der Waals surface area contributed by atoms with Crippen molar-refractivity contribution < 1.29 is 8.42 Å². The van der Waals surface area contributed by atoms with Gasteiger partial charge in [-0.05, 0) is 30.2 Å². The summed E-state index contributed by atoms with van der Waals surface area (Å²) >= 11 is 0. The van der Waals surface area contributed by atoms with Gasteiger partial charge >= 0.3 is 0 Å². The van der Waals surface area contributed by atoms with Crippen molar-refractivity contribution in [2.45, 2.75) is 18.4 Å². The summed E-state index contributed by atoms with van der Waals surface area (Å²) < 4.78 is 24.3. The average molecular weight is 285 g/mol. The predicted octanol–water partition coefficient (Wildman–Crippen LogP) is 2.98. The van der Waals surface area contributed by atoms with Crippen LogP contribution in [-0.2, 0) is 21.3 Å². The molecule has 0 fully saturated rings. The number of rotatable bonds is 4. The lowest BCUT2D eigenvalue weighted by molar-refractivity contribution is 0.594. The molecule has 0 aliphatic heterocycles. The number of sulfone groups is 1. The average Bonchev–Trinajstić information content (AvgIpc) is 2.38. The van der Waals surface area contributed by atoms with Gasteiger partial charge < -0.3 is 0 Å². The number of hydrogen-bond donors (Lipinski definition) is 0. The van der Waals surface area contributed by atoms with Gasteiger partial charge in [0.2, 0.25) is 0 Å². The number of nitrogens with zero attached hydrogens (tertiary/aromatic N) is 1. The van der Waals surface area contributed by atoms with Crippen molar-refractivity contribution in [2.75, 3.05) is 0 Å². The molecule has 0 aromatic heterocycles. The molecule has 20 heavy (non-hydrogen) atoms. The van der Waals surface area contributed by atoms with Crippen molar-refractivity contribution in [3.05, 3.63) is 70.8 Å². The molecule has 0 N–H and O–H groups in total. The van der Waals surface area contributed by atoms with Crippen LogP contribution in [-0.4, -0.2) is 8.42 Å². The second-order valence-corrected chi connectivity index (χ2v) is 6.89. The molecule has 102 valence electrons. The smallest absolute Gasteiger partial charge is 0.158 e. The molecule has 2 aromatic carbocycles. The first kappa shape index (κ1) is 14.3. The van der Waals surface area contributed by atoms with Crippen LogP contribution in [0.2, 0.25) is 0 Å². The Balaban J connectivity index is 2.13. The van der Waals surface area contributed by atoms with Gasteiger partial charge in [0.05, 0.1) is 23.1 Å². The van der Waals surface area contributed by atoms with E-state index in [4.69, 9.17) is 5.26 Å². The molecule has 0 bridgehead atoms. The molecule has 0 saturated heterocycles. The first-order valence-corrected chi connectivity index (χ1v) is 8.06. The summed E-state index contributed by atoms with van der Waals surface area (Å²) in [7, 11) is -3.21. The van der Waals surface area contributed by atoms with Crippen LogP contribution < -0.4 is 0 Å². The van der Waals surface area contributed by atoms with E-state index in [1.165, 1.54) is 0 Å². The van der Waals surface area contributed by atoms with Gasteiger partial charge in [-0.1, -0.05) is 42.0 Å². The molecule has 3 nitrogen and oxygen atoms in total. The quantitative estimate of drug-likeness (QED) is 0.867. The Bertz CT molecular complexity index is 741. The van der Waals surface area contributed by atoms with Crippen LogP contribution in [0, 0.1) is 18.3 Å². The fourth-order valence-corrected chi connectivity index (χ4v) is 3.53. The highest BCUT2D eigenvalue weighted by molar-refractivity contribution is 7.89. The predicted molar refractivity (Wildman–Crippen MR) is 78.7 cm³/mol. The fourth-order valence-electron chi connectivity index (χ4n) is 2.04. The van der Waals surface area contributed by atoms with Crippen molar-refractivity contribution in [1.29, 1.82) is 5.26 Å². The van der Waals surface area contributed by atoms with E-state index in [0.29, 0.717) is 11.1 Å². The van der Waals surface area contributed by atoms with Gasteiger partial charge in [0.1, 0.15) is 0 Å². The van der Waals surface area contributed by atoms with Gasteiger partial charge in [-0.25, -0.2) is 8.42 Å². The zero-order valence-corrected chi connectivity index (χ0v) is 12.0. The maximum absolute atomic E-state index is 12.2. The third kappa shape index (κ3) is 3.94. The second kappa shape index (κ2) is 5.89. The summed E-state index contributed by atoms with van der Waals surface area (Å²) in [6, 6.07) is 16.2. The van der Waals surface area contributed by atoms with Crippen LogP contribution in [0.3, 0.4) is 0 Å². The SMILES string of the molecule is Cc1cccc(CS(=O)(=O)Cc2ccc(C#N)cc2)c1. The Labute approximate surface area is 119 Å². The highest BCUT2D eigenvalue weighted by Crippen LogP contribution is 2.14. The number of benzene rings is 2. The Kier molecular flexibility index (Phi) is 4.21. The Morgan fingerprint density at radius 3 is 2.25 bits per heavy atom. The normalized spacial score (nSPS) is 11.0. The van der Waals surface area contributed by atoms with E-state index in [1.54, 1.807) is 24.3 Å². The molecule has 0 amide bonds. The Morgan fingerprint density at radius 1 is 1.00 bits per heavy atom. The molecule has 0 aliphatic carbocycles. The first-order valence-electron chi connectivity index (χ1n) is 6.23.